The molecule has 6 heteroatoms. The third-order valence-corrected chi connectivity index (χ3v) is 5.00. The van der Waals surface area contributed by atoms with E-state index in [1.807, 2.05) is 54.7 Å². The van der Waals surface area contributed by atoms with Crippen LogP contribution in [0.3, 0.4) is 0 Å². The Morgan fingerprint density at radius 2 is 1.89 bits per heavy atom. The average molecular weight is 369 g/mol. The summed E-state index contributed by atoms with van der Waals surface area (Å²) in [5, 5.41) is 7.03. The van der Waals surface area contributed by atoms with E-state index in [4.69, 9.17) is 0 Å². The zero-order chi connectivity index (χ0) is 18.9. The van der Waals surface area contributed by atoms with Crippen LogP contribution >= 0.6 is 0 Å². The minimum Gasteiger partial charge on any atom is -0.324 e. The normalized spacial score (nSPS) is 13.6. The minimum atomic E-state index is -0.0430. The number of amides is 1. The molecular weight excluding hydrogens is 350 g/mol. The van der Waals surface area contributed by atoms with Gasteiger partial charge in [-0.25, -0.2) is 9.50 Å². The molecule has 1 aromatic carbocycles. The summed E-state index contributed by atoms with van der Waals surface area (Å²) in [7, 11) is 0. The molecule has 4 aromatic rings. The smallest absolute Gasteiger partial charge is 0.228 e. The summed E-state index contributed by atoms with van der Waals surface area (Å²) in [6, 6.07) is 16.0. The monoisotopic (exact) mass is 369 g/mol. The van der Waals surface area contributed by atoms with Gasteiger partial charge in [-0.1, -0.05) is 24.3 Å². The lowest BCUT2D eigenvalue weighted by atomic mass is 10.0. The van der Waals surface area contributed by atoms with Crippen LogP contribution in [0.4, 0.5) is 5.69 Å². The van der Waals surface area contributed by atoms with Gasteiger partial charge in [0.1, 0.15) is 6.33 Å². The lowest BCUT2D eigenvalue weighted by Crippen LogP contribution is -2.14. The topological polar surface area (TPSA) is 72.2 Å². The van der Waals surface area contributed by atoms with Crippen LogP contribution in [0.25, 0.3) is 16.8 Å². The fourth-order valence-corrected chi connectivity index (χ4v) is 3.30. The lowest BCUT2D eigenvalue weighted by molar-refractivity contribution is -0.115. The molecule has 6 nitrogen and oxygen atoms in total. The Hall–Kier alpha value is -3.54. The molecule has 1 fully saturated rings. The van der Waals surface area contributed by atoms with Crippen LogP contribution in [-0.4, -0.2) is 25.5 Å². The van der Waals surface area contributed by atoms with E-state index in [1.165, 1.54) is 19.2 Å². The van der Waals surface area contributed by atoms with Gasteiger partial charge < -0.3 is 5.32 Å². The number of anilines is 1. The first kappa shape index (κ1) is 16.6. The Kier molecular flexibility index (Phi) is 4.09. The van der Waals surface area contributed by atoms with Crippen molar-refractivity contribution < 1.29 is 4.79 Å². The Bertz CT molecular complexity index is 1130. The van der Waals surface area contributed by atoms with E-state index >= 15 is 0 Å². The van der Waals surface area contributed by atoms with E-state index in [-0.39, 0.29) is 5.91 Å². The molecule has 1 amide bonds. The first-order valence-electron chi connectivity index (χ1n) is 9.39. The summed E-state index contributed by atoms with van der Waals surface area (Å²) in [6.07, 6.45) is 7.95. The van der Waals surface area contributed by atoms with Crippen molar-refractivity contribution in [2.24, 2.45) is 0 Å². The van der Waals surface area contributed by atoms with E-state index in [0.29, 0.717) is 12.3 Å². The molecule has 138 valence electrons. The Balaban J connectivity index is 1.24. The summed E-state index contributed by atoms with van der Waals surface area (Å²) >= 11 is 0. The fraction of sp³-hybridized carbons (Fsp3) is 0.182. The lowest BCUT2D eigenvalue weighted by Gasteiger charge is -2.07. The van der Waals surface area contributed by atoms with Crippen molar-refractivity contribution >= 4 is 17.2 Å². The quantitative estimate of drug-likeness (QED) is 0.580. The highest BCUT2D eigenvalue weighted by Gasteiger charge is 2.24. The maximum atomic E-state index is 12.3. The number of carbonyl (C=O) groups is 1. The van der Waals surface area contributed by atoms with Crippen LogP contribution in [0.5, 0.6) is 0 Å². The number of aromatic nitrogens is 4. The van der Waals surface area contributed by atoms with Gasteiger partial charge in [-0.15, -0.1) is 0 Å². The largest absolute Gasteiger partial charge is 0.324 e. The van der Waals surface area contributed by atoms with Gasteiger partial charge in [-0.3, -0.25) is 9.78 Å². The number of fused-ring (bicyclic) bond motifs is 1. The van der Waals surface area contributed by atoms with Gasteiger partial charge in [0.25, 0.3) is 0 Å². The molecule has 0 spiro atoms. The molecule has 1 aliphatic rings. The third-order valence-electron chi connectivity index (χ3n) is 5.00. The number of pyridine rings is 2. The number of hydrogen-bond acceptors (Lipinski definition) is 4. The first-order valence-corrected chi connectivity index (χ1v) is 9.39. The summed E-state index contributed by atoms with van der Waals surface area (Å²) < 4.78 is 1.73. The summed E-state index contributed by atoms with van der Waals surface area (Å²) in [5.74, 6) is 0.576. The minimum absolute atomic E-state index is 0.0430. The van der Waals surface area contributed by atoms with Crippen molar-refractivity contribution in [3.05, 3.63) is 78.5 Å². The predicted molar refractivity (Wildman–Crippen MR) is 107 cm³/mol. The number of nitrogens with zero attached hydrogens (tertiary/aromatic N) is 4. The van der Waals surface area contributed by atoms with E-state index in [2.05, 4.69) is 20.4 Å². The highest BCUT2D eigenvalue weighted by atomic mass is 16.1. The molecule has 0 atom stereocenters. The number of rotatable bonds is 5. The molecule has 3 heterocycles. The third kappa shape index (κ3) is 3.49. The molecule has 1 saturated carbocycles. The van der Waals surface area contributed by atoms with Gasteiger partial charge >= 0.3 is 0 Å². The Morgan fingerprint density at radius 1 is 1.04 bits per heavy atom. The van der Waals surface area contributed by atoms with Crippen LogP contribution in [0.2, 0.25) is 0 Å². The van der Waals surface area contributed by atoms with Crippen molar-refractivity contribution in [2.75, 3.05) is 5.32 Å². The van der Waals surface area contributed by atoms with E-state index in [1.54, 1.807) is 10.7 Å². The van der Waals surface area contributed by atoms with Gasteiger partial charge in [-0.2, -0.15) is 5.10 Å². The van der Waals surface area contributed by atoms with Gasteiger partial charge in [0.15, 0.2) is 5.65 Å². The predicted octanol–water partition coefficient (Wildman–Crippen LogP) is 3.85. The van der Waals surface area contributed by atoms with Gasteiger partial charge in [0.05, 0.1) is 18.3 Å². The second kappa shape index (κ2) is 6.88. The van der Waals surface area contributed by atoms with Crippen LogP contribution in [-0.2, 0) is 11.2 Å². The van der Waals surface area contributed by atoms with E-state index in [9.17, 15) is 4.79 Å². The Labute approximate surface area is 162 Å². The van der Waals surface area contributed by atoms with Gasteiger partial charge in [0, 0.05) is 17.8 Å². The molecule has 0 bridgehead atoms. The molecule has 28 heavy (non-hydrogen) atoms. The SMILES string of the molecule is O=C(Cc1ccc(-c2ccn3ncnc3c2)cc1)Nc1ccc(C2CC2)nc1. The van der Waals surface area contributed by atoms with Crippen molar-refractivity contribution in [1.29, 1.82) is 0 Å². The highest BCUT2D eigenvalue weighted by molar-refractivity contribution is 5.92. The molecular formula is C22H19N5O. The van der Waals surface area contributed by atoms with Gasteiger partial charge in [-0.05, 0) is 53.8 Å². The van der Waals surface area contributed by atoms with Crippen LogP contribution in [0, 0.1) is 0 Å². The molecule has 0 unspecified atom stereocenters. The van der Waals surface area contributed by atoms with Crippen LogP contribution in [0.1, 0.15) is 30.0 Å². The summed E-state index contributed by atoms with van der Waals surface area (Å²) in [5.41, 5.74) is 5.79. The molecule has 0 saturated heterocycles. The molecule has 5 rings (SSSR count). The standard InChI is InChI=1S/C22H19N5O/c28-22(26-19-7-8-20(23-13-19)17-5-6-17)11-15-1-3-16(4-2-15)18-9-10-27-21(12-18)24-14-25-27/h1-4,7-10,12-14,17H,5-6,11H2,(H,26,28). The molecule has 3 aromatic heterocycles. The zero-order valence-corrected chi connectivity index (χ0v) is 15.2. The average Bonchev–Trinajstić information content (AvgIpc) is 3.46. The van der Waals surface area contributed by atoms with Gasteiger partial charge in [0.2, 0.25) is 5.91 Å². The zero-order valence-electron chi connectivity index (χ0n) is 15.2. The number of benzene rings is 1. The second-order valence-corrected chi connectivity index (χ2v) is 7.15. The van der Waals surface area contributed by atoms with Crippen molar-refractivity contribution in [3.63, 3.8) is 0 Å². The molecule has 0 aliphatic heterocycles. The van der Waals surface area contributed by atoms with Crippen molar-refractivity contribution in [1.82, 2.24) is 19.6 Å². The first-order chi connectivity index (χ1) is 13.7. The van der Waals surface area contributed by atoms with Crippen molar-refractivity contribution in [2.45, 2.75) is 25.2 Å². The van der Waals surface area contributed by atoms with Crippen molar-refractivity contribution in [3.8, 4) is 11.1 Å². The number of nitrogens with one attached hydrogen (secondary N) is 1. The van der Waals surface area contributed by atoms with Crippen LogP contribution in [0.15, 0.2) is 67.3 Å². The maximum Gasteiger partial charge on any atom is 0.228 e. The van der Waals surface area contributed by atoms with E-state index < -0.39 is 0 Å². The summed E-state index contributed by atoms with van der Waals surface area (Å²) in [4.78, 5) is 21.0. The molecule has 1 aliphatic carbocycles. The second-order valence-electron chi connectivity index (χ2n) is 7.15. The highest BCUT2D eigenvalue weighted by Crippen LogP contribution is 2.38. The fourth-order valence-electron chi connectivity index (χ4n) is 3.30. The molecule has 0 radical (unpaired) electrons. The Morgan fingerprint density at radius 3 is 2.64 bits per heavy atom. The van der Waals surface area contributed by atoms with E-state index in [0.717, 1.165) is 33.7 Å². The van der Waals surface area contributed by atoms with Crippen LogP contribution < -0.4 is 5.32 Å². The maximum absolute atomic E-state index is 12.3. The summed E-state index contributed by atoms with van der Waals surface area (Å²) in [6.45, 7) is 0. The number of carbonyl (C=O) groups excluding carboxylic acids is 1. The number of hydrogen-bond donors (Lipinski definition) is 1. The molecule has 1 N–H and O–H groups in total.